The third-order valence-corrected chi connectivity index (χ3v) is 5.87. The number of aldehydes is 1. The monoisotopic (exact) mass is 462 g/mol. The third-order valence-electron chi connectivity index (χ3n) is 5.87. The highest BCUT2D eigenvalue weighted by Crippen LogP contribution is 2.44. The molecule has 3 N–H and O–H groups in total. The van der Waals surface area contributed by atoms with Gasteiger partial charge in [-0.05, 0) is 28.3 Å². The molecule has 2 atom stereocenters. The first kappa shape index (κ1) is 23.1. The summed E-state index contributed by atoms with van der Waals surface area (Å²) in [6, 6.07) is 19.3. The van der Waals surface area contributed by atoms with E-state index in [4.69, 9.17) is 4.74 Å². The first-order valence-electron chi connectivity index (χ1n) is 10.6. The van der Waals surface area contributed by atoms with Crippen molar-refractivity contribution in [3.8, 4) is 11.1 Å². The summed E-state index contributed by atoms with van der Waals surface area (Å²) in [5.41, 5.74) is 3.68. The van der Waals surface area contributed by atoms with Gasteiger partial charge in [0.1, 0.15) is 25.1 Å². The molecule has 174 valence electrons. The van der Waals surface area contributed by atoms with Crippen molar-refractivity contribution in [1.82, 2.24) is 5.32 Å². The van der Waals surface area contributed by atoms with Crippen LogP contribution in [0.4, 0.5) is 10.5 Å². The van der Waals surface area contributed by atoms with E-state index in [1.807, 2.05) is 48.5 Å². The Bertz CT molecular complexity index is 1200. The average Bonchev–Trinajstić information content (AvgIpc) is 3.18. The zero-order chi connectivity index (χ0) is 24.2. The van der Waals surface area contributed by atoms with Crippen molar-refractivity contribution in [3.05, 3.63) is 99.1 Å². The van der Waals surface area contributed by atoms with Crippen molar-refractivity contribution < 1.29 is 29.5 Å². The smallest absolute Gasteiger partial charge is 0.407 e. The highest BCUT2D eigenvalue weighted by atomic mass is 16.6. The Kier molecular flexibility index (Phi) is 6.67. The summed E-state index contributed by atoms with van der Waals surface area (Å²) < 4.78 is 5.38. The van der Waals surface area contributed by atoms with Crippen LogP contribution in [0.5, 0.6) is 0 Å². The van der Waals surface area contributed by atoms with E-state index in [1.165, 1.54) is 12.1 Å². The van der Waals surface area contributed by atoms with Gasteiger partial charge in [0.2, 0.25) is 0 Å². The first-order chi connectivity index (χ1) is 16.4. The van der Waals surface area contributed by atoms with Crippen molar-refractivity contribution >= 4 is 18.1 Å². The second-order valence-corrected chi connectivity index (χ2v) is 7.91. The number of benzene rings is 3. The van der Waals surface area contributed by atoms with Gasteiger partial charge in [0.25, 0.3) is 5.69 Å². The molecule has 9 nitrogen and oxygen atoms in total. The summed E-state index contributed by atoms with van der Waals surface area (Å²) in [5, 5.41) is 34.3. The minimum atomic E-state index is -1.66. The van der Waals surface area contributed by atoms with Crippen LogP contribution in [0.25, 0.3) is 11.1 Å². The van der Waals surface area contributed by atoms with Gasteiger partial charge in [0, 0.05) is 24.1 Å². The number of amides is 1. The molecule has 1 aliphatic rings. The lowest BCUT2D eigenvalue weighted by Gasteiger charge is -2.19. The lowest BCUT2D eigenvalue weighted by Crippen LogP contribution is -2.36. The van der Waals surface area contributed by atoms with E-state index in [2.05, 4.69) is 5.32 Å². The van der Waals surface area contributed by atoms with Crippen LogP contribution in [0.3, 0.4) is 0 Å². The van der Waals surface area contributed by atoms with Gasteiger partial charge in [-0.3, -0.25) is 14.9 Å². The minimum absolute atomic E-state index is 0.0638. The molecular formula is C25H22N2O7. The zero-order valence-electron chi connectivity index (χ0n) is 18.0. The molecule has 0 fully saturated rings. The summed E-state index contributed by atoms with van der Waals surface area (Å²) >= 11 is 0. The van der Waals surface area contributed by atoms with Crippen LogP contribution < -0.4 is 5.32 Å². The summed E-state index contributed by atoms with van der Waals surface area (Å²) in [7, 11) is 0. The Morgan fingerprint density at radius 2 is 1.68 bits per heavy atom. The summed E-state index contributed by atoms with van der Waals surface area (Å²) in [4.78, 5) is 33.7. The van der Waals surface area contributed by atoms with Crippen molar-refractivity contribution in [2.75, 3.05) is 13.2 Å². The quantitative estimate of drug-likeness (QED) is 0.265. The molecule has 0 aliphatic heterocycles. The van der Waals surface area contributed by atoms with E-state index in [1.54, 1.807) is 0 Å². The number of rotatable bonds is 8. The molecular weight excluding hydrogens is 440 g/mol. The molecule has 2 unspecified atom stereocenters. The molecule has 0 heterocycles. The standard InChI is InChI=1S/C25H22N2O7/c28-13-15-9-10-20(22(11-15)27(32)33)24(30)23(29)12-26-25(31)34-14-21-18-7-3-1-5-16(18)17-6-2-4-8-19(17)21/h1-11,13,21,23-24,29-30H,12,14H2,(H,26,31). The highest BCUT2D eigenvalue weighted by Gasteiger charge is 2.30. The largest absolute Gasteiger partial charge is 0.449 e. The highest BCUT2D eigenvalue weighted by molar-refractivity contribution is 5.79. The molecule has 0 radical (unpaired) electrons. The van der Waals surface area contributed by atoms with Crippen molar-refractivity contribution in [2.24, 2.45) is 0 Å². The molecule has 9 heteroatoms. The first-order valence-corrected chi connectivity index (χ1v) is 10.6. The molecule has 3 aromatic rings. The van der Waals surface area contributed by atoms with E-state index in [0.29, 0.717) is 6.29 Å². The number of nitro groups is 1. The van der Waals surface area contributed by atoms with Gasteiger partial charge < -0.3 is 20.3 Å². The van der Waals surface area contributed by atoms with E-state index < -0.39 is 35.5 Å². The Morgan fingerprint density at radius 1 is 1.06 bits per heavy atom. The molecule has 4 rings (SSSR count). The molecule has 0 saturated carbocycles. The zero-order valence-corrected chi connectivity index (χ0v) is 18.0. The van der Waals surface area contributed by atoms with E-state index in [9.17, 15) is 29.9 Å². The molecule has 0 bridgehead atoms. The number of aliphatic hydroxyl groups is 2. The number of aliphatic hydroxyl groups excluding tert-OH is 2. The van der Waals surface area contributed by atoms with Crippen LogP contribution in [0.2, 0.25) is 0 Å². The van der Waals surface area contributed by atoms with Gasteiger partial charge in [-0.15, -0.1) is 0 Å². The van der Waals surface area contributed by atoms with Crippen LogP contribution in [-0.4, -0.2) is 46.8 Å². The fourth-order valence-electron chi connectivity index (χ4n) is 4.20. The number of ether oxygens (including phenoxy) is 1. The third kappa shape index (κ3) is 4.52. The second-order valence-electron chi connectivity index (χ2n) is 7.91. The van der Waals surface area contributed by atoms with Crippen molar-refractivity contribution in [2.45, 2.75) is 18.1 Å². The van der Waals surface area contributed by atoms with Gasteiger partial charge in [0.05, 0.1) is 10.5 Å². The molecule has 0 saturated heterocycles. The van der Waals surface area contributed by atoms with Crippen LogP contribution in [0.1, 0.15) is 39.1 Å². The second kappa shape index (κ2) is 9.82. The van der Waals surface area contributed by atoms with E-state index in [0.717, 1.165) is 28.3 Å². The van der Waals surface area contributed by atoms with Gasteiger partial charge >= 0.3 is 6.09 Å². The van der Waals surface area contributed by atoms with Crippen LogP contribution >= 0.6 is 0 Å². The van der Waals surface area contributed by atoms with Crippen LogP contribution in [0.15, 0.2) is 66.7 Å². The number of alkyl carbamates (subject to hydrolysis) is 1. The Labute approximate surface area is 194 Å². The summed E-state index contributed by atoms with van der Waals surface area (Å²) in [5.74, 6) is -0.132. The predicted molar refractivity (Wildman–Crippen MR) is 123 cm³/mol. The fraction of sp³-hybridized carbons (Fsp3) is 0.200. The SMILES string of the molecule is O=Cc1ccc(C(O)C(O)CNC(=O)OCC2c3ccccc3-c3ccccc32)c([N+](=O)[O-])c1. The maximum absolute atomic E-state index is 12.3. The van der Waals surface area contributed by atoms with Crippen LogP contribution in [0, 0.1) is 10.1 Å². The molecule has 34 heavy (non-hydrogen) atoms. The van der Waals surface area contributed by atoms with Gasteiger partial charge in [-0.1, -0.05) is 54.6 Å². The number of carbonyl (C=O) groups is 2. The number of nitro benzene ring substituents is 1. The number of fused-ring (bicyclic) bond motifs is 3. The average molecular weight is 462 g/mol. The normalized spacial score (nSPS) is 13.9. The lowest BCUT2D eigenvalue weighted by molar-refractivity contribution is -0.386. The molecule has 1 aliphatic carbocycles. The molecule has 0 spiro atoms. The predicted octanol–water partition coefficient (Wildman–Crippen LogP) is 3.34. The number of nitrogens with zero attached hydrogens (tertiary/aromatic N) is 1. The number of nitrogens with one attached hydrogen (secondary N) is 1. The molecule has 1 amide bonds. The number of hydrogen-bond donors (Lipinski definition) is 3. The fourth-order valence-corrected chi connectivity index (χ4v) is 4.20. The van der Waals surface area contributed by atoms with Gasteiger partial charge in [-0.25, -0.2) is 4.79 Å². The van der Waals surface area contributed by atoms with E-state index in [-0.39, 0.29) is 23.7 Å². The minimum Gasteiger partial charge on any atom is -0.449 e. The summed E-state index contributed by atoms with van der Waals surface area (Å²) in [6.07, 6.45) is -3.55. The van der Waals surface area contributed by atoms with Gasteiger partial charge in [0.15, 0.2) is 0 Å². The number of hydrogen-bond acceptors (Lipinski definition) is 7. The Balaban J connectivity index is 1.37. The Morgan fingerprint density at radius 3 is 2.26 bits per heavy atom. The summed E-state index contributed by atoms with van der Waals surface area (Å²) in [6.45, 7) is -0.318. The topological polar surface area (TPSA) is 139 Å². The molecule has 0 aromatic heterocycles. The number of carbonyl (C=O) groups excluding carboxylic acids is 2. The Hall–Kier alpha value is -4.08. The van der Waals surface area contributed by atoms with E-state index >= 15 is 0 Å². The van der Waals surface area contributed by atoms with Crippen LogP contribution in [-0.2, 0) is 4.74 Å². The maximum atomic E-state index is 12.3. The maximum Gasteiger partial charge on any atom is 0.407 e. The molecule has 3 aromatic carbocycles. The van der Waals surface area contributed by atoms with Gasteiger partial charge in [-0.2, -0.15) is 0 Å². The van der Waals surface area contributed by atoms with Crippen molar-refractivity contribution in [3.63, 3.8) is 0 Å². The lowest BCUT2D eigenvalue weighted by atomic mass is 9.98. The van der Waals surface area contributed by atoms with Crippen molar-refractivity contribution in [1.29, 1.82) is 0 Å².